The molecule has 78 heavy (non-hydrogen) atoms. The van der Waals surface area contributed by atoms with Gasteiger partial charge >= 0.3 is 0 Å². The standard InChI is InChI=1S/C64H75N5O9/c1-38(2)30-63(3,74)35-67-36-69-56-14-8-13-44(33-70)76-55-28-42(16-21-54(55)73)62-64(56,75-37-65-4)31-51-48-29-50-57(41-15-20-52-40(26-41)23-25-68-52)43(32-66-24-9-12-39-10-6-5-7-11-39)27-49-53(72)22-19-46(58(49)50)59(48)61-47(60(51)78-62)18-17-45(34-71)77-61/h5-7,10-11,15-16,19-23,25-28,38,44-45,50,56-57,62,65-74H,9,12-13,17-18,24,29-37H2,1-4H3/t44-,45-,50+,56-,57-,62-,63+,64+/m1/s1. The number of aliphatic hydroxyl groups excluding tert-OH is 2. The molecule has 0 saturated heterocycles. The Bertz CT molecular complexity index is 3230. The number of phenolic OH excluding ortho intramolecular Hbond substituents is 2. The number of rotatable bonds is 19. The van der Waals surface area contributed by atoms with Crippen LogP contribution < -0.4 is 35.5 Å². The molecule has 11 rings (SSSR count). The number of benzene rings is 5. The fourth-order valence-electron chi connectivity index (χ4n) is 13.2. The van der Waals surface area contributed by atoms with Crippen LogP contribution in [0.4, 0.5) is 0 Å². The van der Waals surface area contributed by atoms with Crippen LogP contribution >= 0.6 is 0 Å². The normalized spacial score (nSPS) is 23.6. The van der Waals surface area contributed by atoms with Gasteiger partial charge in [0.2, 0.25) is 0 Å². The molecule has 5 aliphatic rings. The van der Waals surface area contributed by atoms with Crippen molar-refractivity contribution in [3.8, 4) is 51.7 Å². The summed E-state index contributed by atoms with van der Waals surface area (Å²) in [6.45, 7) is 7.73. The maximum absolute atomic E-state index is 12.0. The van der Waals surface area contributed by atoms with Gasteiger partial charge in [0, 0.05) is 72.5 Å². The van der Waals surface area contributed by atoms with Crippen LogP contribution in [-0.4, -0.2) is 113 Å². The van der Waals surface area contributed by atoms with Crippen LogP contribution in [0.1, 0.15) is 109 Å². The lowest BCUT2D eigenvalue weighted by molar-refractivity contribution is -0.141. The number of hydrogen-bond acceptors (Lipinski definition) is 13. The second-order valence-electron chi connectivity index (χ2n) is 22.8. The van der Waals surface area contributed by atoms with Gasteiger partial charge in [-0.25, -0.2) is 0 Å². The van der Waals surface area contributed by atoms with E-state index in [1.54, 1.807) is 12.1 Å². The molecule has 0 spiro atoms. The Balaban J connectivity index is 1.08. The number of aromatic amines is 1. The number of phenols is 2. The molecule has 14 nitrogen and oxygen atoms in total. The first kappa shape index (κ1) is 53.6. The predicted molar refractivity (Wildman–Crippen MR) is 303 cm³/mol. The van der Waals surface area contributed by atoms with E-state index < -0.39 is 35.6 Å². The van der Waals surface area contributed by atoms with Crippen molar-refractivity contribution in [2.24, 2.45) is 5.92 Å². The van der Waals surface area contributed by atoms with E-state index in [0.717, 1.165) is 69.2 Å². The topological polar surface area (TPSA) is 202 Å². The van der Waals surface area contributed by atoms with Gasteiger partial charge < -0.3 is 60.1 Å². The Labute approximate surface area is 457 Å². The molecule has 0 amide bonds. The molecule has 2 aliphatic carbocycles. The van der Waals surface area contributed by atoms with Crippen LogP contribution in [0, 0.1) is 17.8 Å². The Kier molecular flexibility index (Phi) is 15.6. The van der Waals surface area contributed by atoms with Gasteiger partial charge in [-0.15, -0.1) is 0 Å². The molecule has 2 bridgehead atoms. The third-order valence-corrected chi connectivity index (χ3v) is 16.6. The molecule has 3 aliphatic heterocycles. The summed E-state index contributed by atoms with van der Waals surface area (Å²) in [6.07, 6.45) is 6.90. The zero-order chi connectivity index (χ0) is 54.1. The minimum absolute atomic E-state index is 0.0813. The van der Waals surface area contributed by atoms with Crippen LogP contribution in [-0.2, 0) is 30.4 Å². The van der Waals surface area contributed by atoms with Crippen molar-refractivity contribution in [2.75, 3.05) is 53.3 Å². The van der Waals surface area contributed by atoms with Crippen molar-refractivity contribution in [3.63, 3.8) is 0 Å². The molecule has 0 radical (unpaired) electrons. The van der Waals surface area contributed by atoms with Gasteiger partial charge in [0.05, 0.1) is 25.5 Å². The highest BCUT2D eigenvalue weighted by Crippen LogP contribution is 2.62. The van der Waals surface area contributed by atoms with E-state index in [9.17, 15) is 25.5 Å². The lowest BCUT2D eigenvalue weighted by Gasteiger charge is -2.50. The Morgan fingerprint density at radius 1 is 0.885 bits per heavy atom. The summed E-state index contributed by atoms with van der Waals surface area (Å²) in [4.78, 5) is 3.40. The van der Waals surface area contributed by atoms with Crippen molar-refractivity contribution in [1.29, 1.82) is 0 Å². The molecule has 14 heteroatoms. The fraction of sp³-hybridized carbons (Fsp3) is 0.438. The van der Waals surface area contributed by atoms with E-state index in [4.69, 9.17) is 18.9 Å². The molecule has 10 N–H and O–H groups in total. The lowest BCUT2D eigenvalue weighted by Crippen LogP contribution is -2.62. The van der Waals surface area contributed by atoms with Crippen molar-refractivity contribution < 1.29 is 44.5 Å². The first-order chi connectivity index (χ1) is 37.9. The van der Waals surface area contributed by atoms with Crippen molar-refractivity contribution >= 4 is 17.0 Å². The minimum Gasteiger partial charge on any atom is -0.507 e. The number of H-pyrrole nitrogens is 1. The highest BCUT2D eigenvalue weighted by atomic mass is 16.6. The van der Waals surface area contributed by atoms with Crippen molar-refractivity contribution in [2.45, 2.75) is 120 Å². The summed E-state index contributed by atoms with van der Waals surface area (Å²) < 4.78 is 28.3. The van der Waals surface area contributed by atoms with E-state index in [0.29, 0.717) is 68.2 Å². The molecule has 8 atom stereocenters. The van der Waals surface area contributed by atoms with E-state index in [1.165, 1.54) is 16.7 Å². The molecule has 0 fully saturated rings. The third-order valence-electron chi connectivity index (χ3n) is 16.6. The first-order valence-corrected chi connectivity index (χ1v) is 28.0. The summed E-state index contributed by atoms with van der Waals surface area (Å²) in [7, 11) is 1.84. The Hall–Kier alpha value is -6.38. The smallest absolute Gasteiger partial charge is 0.161 e. The monoisotopic (exact) mass is 1060 g/mol. The van der Waals surface area contributed by atoms with Gasteiger partial charge in [0.1, 0.15) is 41.1 Å². The van der Waals surface area contributed by atoms with Gasteiger partial charge in [-0.2, -0.15) is 0 Å². The fourth-order valence-corrected chi connectivity index (χ4v) is 13.2. The molecule has 1 aromatic heterocycles. The molecule has 6 aromatic rings. The maximum atomic E-state index is 12.0. The SMILES string of the molecule is CNCO[C@]12Cc3c4c(c5c(c3O[C@@H]1c1ccc(O)c(c1)O[C@@H](CO)CC#C[C@H]2NCNC[C@@](C)(O)CC(C)C)CC[C@H](CO)O5)-c1ccc(O)c2c1[C@@H](C4)[C@H](c1ccc3[nH]ccc3c1)C(CNCCCc1ccccc1)=C2. The molecule has 4 heterocycles. The quantitative estimate of drug-likeness (QED) is 0.0213. The second kappa shape index (κ2) is 22.8. The number of ether oxygens (including phenoxy) is 4. The van der Waals surface area contributed by atoms with Crippen molar-refractivity contribution in [1.82, 2.24) is 26.3 Å². The summed E-state index contributed by atoms with van der Waals surface area (Å²) in [5.41, 5.74) is 9.86. The number of fused-ring (bicyclic) bond motifs is 12. The van der Waals surface area contributed by atoms with E-state index in [-0.39, 0.29) is 62.1 Å². The molecule has 0 unspecified atom stereocenters. The largest absolute Gasteiger partial charge is 0.507 e. The Morgan fingerprint density at radius 2 is 1.71 bits per heavy atom. The number of aryl methyl sites for hydroxylation is 1. The van der Waals surface area contributed by atoms with Gasteiger partial charge in [-0.1, -0.05) is 74.2 Å². The van der Waals surface area contributed by atoms with Crippen LogP contribution in [0.5, 0.6) is 28.7 Å². The average molecular weight is 1060 g/mol. The second-order valence-corrected chi connectivity index (χ2v) is 22.8. The molecular weight excluding hydrogens is 983 g/mol. The van der Waals surface area contributed by atoms with Gasteiger partial charge in [-0.3, -0.25) is 10.6 Å². The summed E-state index contributed by atoms with van der Waals surface area (Å²) >= 11 is 0. The molecule has 5 aromatic carbocycles. The lowest BCUT2D eigenvalue weighted by atomic mass is 9.62. The van der Waals surface area contributed by atoms with Gasteiger partial charge in [0.25, 0.3) is 0 Å². The van der Waals surface area contributed by atoms with E-state index in [2.05, 4.69) is 113 Å². The summed E-state index contributed by atoms with van der Waals surface area (Å²) in [6, 6.07) is 27.8. The van der Waals surface area contributed by atoms with Crippen LogP contribution in [0.2, 0.25) is 0 Å². The zero-order valence-corrected chi connectivity index (χ0v) is 45.3. The molecular formula is C64H75N5O9. The van der Waals surface area contributed by atoms with Crippen LogP contribution in [0.15, 0.2) is 96.7 Å². The van der Waals surface area contributed by atoms with E-state index in [1.807, 2.05) is 38.4 Å². The van der Waals surface area contributed by atoms with Crippen LogP contribution in [0.3, 0.4) is 0 Å². The van der Waals surface area contributed by atoms with Gasteiger partial charge in [-0.05, 0) is 158 Å². The highest BCUT2D eigenvalue weighted by Gasteiger charge is 2.55. The third kappa shape index (κ3) is 10.5. The highest BCUT2D eigenvalue weighted by molar-refractivity contribution is 5.90. The summed E-state index contributed by atoms with van der Waals surface area (Å²) in [5, 5.41) is 71.4. The number of nitrogens with one attached hydrogen (secondary N) is 5. The molecule has 0 saturated carbocycles. The van der Waals surface area contributed by atoms with Crippen LogP contribution in [0.25, 0.3) is 28.1 Å². The minimum atomic E-state index is -1.27. The first-order valence-electron chi connectivity index (χ1n) is 28.0. The van der Waals surface area contributed by atoms with Crippen molar-refractivity contribution in [3.05, 3.63) is 141 Å². The average Bonchev–Trinajstić information content (AvgIpc) is 4.02. The maximum Gasteiger partial charge on any atom is 0.161 e. The number of hydrogen-bond donors (Lipinski definition) is 10. The summed E-state index contributed by atoms with van der Waals surface area (Å²) in [5.74, 6) is 8.68. The molecule has 410 valence electrons. The number of aromatic nitrogens is 1. The predicted octanol–water partition coefficient (Wildman–Crippen LogP) is 8.03. The number of aromatic hydroxyl groups is 2. The van der Waals surface area contributed by atoms with Gasteiger partial charge in [0.15, 0.2) is 17.6 Å². The number of aliphatic hydroxyl groups is 3. The van der Waals surface area contributed by atoms with E-state index >= 15 is 0 Å². The zero-order valence-electron chi connectivity index (χ0n) is 45.3. The Morgan fingerprint density at radius 3 is 2.51 bits per heavy atom.